The Balaban J connectivity index is 2.09. The second-order valence-corrected chi connectivity index (χ2v) is 6.64. The molecule has 0 unspecified atom stereocenters. The van der Waals surface area contributed by atoms with E-state index in [2.05, 4.69) is 14.7 Å². The second kappa shape index (κ2) is 6.13. The topological polar surface area (TPSA) is 64.1 Å². The predicted molar refractivity (Wildman–Crippen MR) is 80.1 cm³/mol. The Morgan fingerprint density at radius 3 is 2.45 bits per heavy atom. The largest absolute Gasteiger partial charge is 0.497 e. The monoisotopic (exact) mass is 351 g/mol. The van der Waals surface area contributed by atoms with Crippen LogP contribution in [0.5, 0.6) is 5.75 Å². The zero-order valence-corrected chi connectivity index (χ0v) is 13.1. The first-order chi connectivity index (χ1) is 9.40. The van der Waals surface area contributed by atoms with Crippen LogP contribution in [0.4, 0.5) is 5.13 Å². The van der Waals surface area contributed by atoms with E-state index >= 15 is 0 Å². The molecule has 1 amide bonds. The zero-order valence-electron chi connectivity index (χ0n) is 10.1. The molecule has 0 fully saturated rings. The minimum atomic E-state index is -1.71. The number of methoxy groups -OCH3 is 1. The molecule has 2 rings (SSSR count). The Morgan fingerprint density at radius 1 is 1.30 bits per heavy atom. The Bertz CT molecular complexity index is 610. The highest BCUT2D eigenvalue weighted by molar-refractivity contribution is 7.10. The predicted octanol–water partition coefficient (Wildman–Crippen LogP) is 3.63. The highest BCUT2D eigenvalue weighted by atomic mass is 35.6. The van der Waals surface area contributed by atoms with E-state index in [0.29, 0.717) is 11.3 Å². The zero-order chi connectivity index (χ0) is 14.8. The van der Waals surface area contributed by atoms with Crippen molar-refractivity contribution in [2.75, 3.05) is 12.4 Å². The van der Waals surface area contributed by atoms with Crippen molar-refractivity contribution in [3.63, 3.8) is 0 Å². The number of rotatable bonds is 3. The van der Waals surface area contributed by atoms with Crippen LogP contribution in [0.3, 0.4) is 0 Å². The Morgan fingerprint density at radius 2 is 1.95 bits per heavy atom. The minimum Gasteiger partial charge on any atom is -0.497 e. The standard InChI is InChI=1S/C11H8Cl3N3O2S/c1-19-7-4-2-6(3-5-7)8(18)15-10-16-9(17-20-10)11(12,13)14/h2-5H,1H3,(H,15,16,17,18). The number of benzene rings is 1. The molecule has 5 nitrogen and oxygen atoms in total. The molecule has 0 aliphatic heterocycles. The molecule has 9 heteroatoms. The summed E-state index contributed by atoms with van der Waals surface area (Å²) in [6.45, 7) is 0. The van der Waals surface area contributed by atoms with E-state index < -0.39 is 3.79 Å². The summed E-state index contributed by atoms with van der Waals surface area (Å²) in [6.07, 6.45) is 0. The summed E-state index contributed by atoms with van der Waals surface area (Å²) < 4.78 is 7.16. The van der Waals surface area contributed by atoms with Crippen molar-refractivity contribution in [2.45, 2.75) is 3.79 Å². The molecule has 1 heterocycles. The number of carbonyl (C=O) groups is 1. The van der Waals surface area contributed by atoms with Gasteiger partial charge in [-0.15, -0.1) is 0 Å². The maximum absolute atomic E-state index is 12.0. The van der Waals surface area contributed by atoms with Gasteiger partial charge >= 0.3 is 0 Å². The van der Waals surface area contributed by atoms with Crippen LogP contribution in [0.25, 0.3) is 0 Å². The van der Waals surface area contributed by atoms with Gasteiger partial charge in [0.25, 0.3) is 9.70 Å². The minimum absolute atomic E-state index is 0.0255. The summed E-state index contributed by atoms with van der Waals surface area (Å²) in [6, 6.07) is 6.62. The maximum atomic E-state index is 12.0. The number of anilines is 1. The van der Waals surface area contributed by atoms with Gasteiger partial charge in [0.1, 0.15) is 5.75 Å². The van der Waals surface area contributed by atoms with Gasteiger partial charge in [-0.25, -0.2) is 0 Å². The molecule has 2 aromatic rings. The van der Waals surface area contributed by atoms with Gasteiger partial charge in [0.15, 0.2) is 5.82 Å². The molecule has 20 heavy (non-hydrogen) atoms. The summed E-state index contributed by atoms with van der Waals surface area (Å²) in [4.78, 5) is 15.9. The molecule has 0 radical (unpaired) electrons. The normalized spacial score (nSPS) is 11.2. The van der Waals surface area contributed by atoms with Gasteiger partial charge in [-0.2, -0.15) is 9.36 Å². The van der Waals surface area contributed by atoms with E-state index in [4.69, 9.17) is 39.5 Å². The lowest BCUT2D eigenvalue weighted by atomic mass is 10.2. The molecule has 0 aliphatic rings. The van der Waals surface area contributed by atoms with Crippen molar-refractivity contribution < 1.29 is 9.53 Å². The van der Waals surface area contributed by atoms with Gasteiger partial charge in [0.2, 0.25) is 5.13 Å². The third kappa shape index (κ3) is 3.73. The second-order valence-electron chi connectivity index (χ2n) is 3.60. The highest BCUT2D eigenvalue weighted by Crippen LogP contribution is 2.37. The fourth-order valence-corrected chi connectivity index (χ4v) is 2.32. The summed E-state index contributed by atoms with van der Waals surface area (Å²) in [5.41, 5.74) is 0.455. The first-order valence-corrected chi connectivity index (χ1v) is 7.17. The van der Waals surface area contributed by atoms with Crippen molar-refractivity contribution in [3.8, 4) is 5.75 Å². The van der Waals surface area contributed by atoms with Crippen LogP contribution >= 0.6 is 46.3 Å². The number of amides is 1. The Hall–Kier alpha value is -1.08. The van der Waals surface area contributed by atoms with Crippen LogP contribution in [0.2, 0.25) is 0 Å². The van der Waals surface area contributed by atoms with Gasteiger partial charge in [0, 0.05) is 17.1 Å². The molecule has 1 N–H and O–H groups in total. The van der Waals surface area contributed by atoms with E-state index in [1.807, 2.05) is 0 Å². The number of hydrogen-bond acceptors (Lipinski definition) is 5. The molecular weight excluding hydrogens is 345 g/mol. The third-order valence-electron chi connectivity index (χ3n) is 2.25. The first-order valence-electron chi connectivity index (χ1n) is 5.26. The molecule has 0 aliphatic carbocycles. The van der Waals surface area contributed by atoms with Crippen molar-refractivity contribution in [1.82, 2.24) is 9.36 Å². The summed E-state index contributed by atoms with van der Waals surface area (Å²) >= 11 is 17.9. The number of aromatic nitrogens is 2. The van der Waals surface area contributed by atoms with E-state index in [-0.39, 0.29) is 16.9 Å². The average Bonchev–Trinajstić information content (AvgIpc) is 2.87. The lowest BCUT2D eigenvalue weighted by Gasteiger charge is -2.04. The number of nitrogens with one attached hydrogen (secondary N) is 1. The van der Waals surface area contributed by atoms with Gasteiger partial charge in [-0.05, 0) is 24.3 Å². The lowest BCUT2D eigenvalue weighted by molar-refractivity contribution is 0.102. The fourth-order valence-electron chi connectivity index (χ4n) is 1.30. The first kappa shape index (κ1) is 15.3. The highest BCUT2D eigenvalue weighted by Gasteiger charge is 2.28. The van der Waals surface area contributed by atoms with Crippen molar-refractivity contribution >= 4 is 57.4 Å². The number of hydrogen-bond donors (Lipinski definition) is 1. The van der Waals surface area contributed by atoms with Crippen LogP contribution < -0.4 is 10.1 Å². The van der Waals surface area contributed by atoms with Crippen molar-refractivity contribution in [2.24, 2.45) is 0 Å². The number of alkyl halides is 3. The fraction of sp³-hybridized carbons (Fsp3) is 0.182. The molecule has 0 atom stereocenters. The van der Waals surface area contributed by atoms with Crippen LogP contribution in [-0.2, 0) is 3.79 Å². The summed E-state index contributed by atoms with van der Waals surface area (Å²) in [5, 5.41) is 2.83. The smallest absolute Gasteiger partial charge is 0.257 e. The van der Waals surface area contributed by atoms with Gasteiger partial charge in [-0.1, -0.05) is 34.8 Å². The molecule has 106 valence electrons. The number of halogens is 3. The summed E-state index contributed by atoms with van der Waals surface area (Å²) in [7, 11) is 1.55. The van der Waals surface area contributed by atoms with Crippen LogP contribution in [0.15, 0.2) is 24.3 Å². The van der Waals surface area contributed by atoms with E-state index in [0.717, 1.165) is 11.5 Å². The van der Waals surface area contributed by atoms with Crippen LogP contribution in [0.1, 0.15) is 16.2 Å². The molecule has 0 spiro atoms. The average molecular weight is 353 g/mol. The molecule has 0 saturated carbocycles. The molecule has 1 aromatic carbocycles. The molecule has 1 aromatic heterocycles. The van der Waals surface area contributed by atoms with Gasteiger partial charge in [0.05, 0.1) is 7.11 Å². The molecule has 0 saturated heterocycles. The van der Waals surface area contributed by atoms with Crippen molar-refractivity contribution in [3.05, 3.63) is 35.7 Å². The maximum Gasteiger partial charge on any atom is 0.257 e. The van der Waals surface area contributed by atoms with Crippen LogP contribution in [0, 0.1) is 0 Å². The number of carbonyl (C=O) groups excluding carboxylic acids is 1. The number of nitrogens with zero attached hydrogens (tertiary/aromatic N) is 2. The van der Waals surface area contributed by atoms with E-state index in [9.17, 15) is 4.79 Å². The Labute approximate surface area is 134 Å². The van der Waals surface area contributed by atoms with Gasteiger partial charge < -0.3 is 4.74 Å². The van der Waals surface area contributed by atoms with Crippen LogP contribution in [-0.4, -0.2) is 22.4 Å². The quantitative estimate of drug-likeness (QED) is 0.857. The molecule has 0 bridgehead atoms. The molecular formula is C11H8Cl3N3O2S. The van der Waals surface area contributed by atoms with Gasteiger partial charge in [-0.3, -0.25) is 10.1 Å². The van der Waals surface area contributed by atoms with Crippen molar-refractivity contribution in [1.29, 1.82) is 0 Å². The third-order valence-corrected chi connectivity index (χ3v) is 3.39. The van der Waals surface area contributed by atoms with E-state index in [1.165, 1.54) is 0 Å². The SMILES string of the molecule is COc1ccc(C(=O)Nc2nc(C(Cl)(Cl)Cl)ns2)cc1. The Kier molecular flexibility index (Phi) is 4.70. The summed E-state index contributed by atoms with van der Waals surface area (Å²) in [5.74, 6) is 0.355. The number of ether oxygens (including phenoxy) is 1. The lowest BCUT2D eigenvalue weighted by Crippen LogP contribution is -2.12. The van der Waals surface area contributed by atoms with E-state index in [1.54, 1.807) is 31.4 Å².